The van der Waals surface area contributed by atoms with E-state index in [2.05, 4.69) is 164 Å². The lowest BCUT2D eigenvalue weighted by Crippen LogP contribution is -2.00. The minimum absolute atomic E-state index is 0.642. The molecule has 0 saturated heterocycles. The Morgan fingerprint density at radius 2 is 0.611 bits per heavy atom. The summed E-state index contributed by atoms with van der Waals surface area (Å²) < 4.78 is 0. The van der Waals surface area contributed by atoms with Gasteiger partial charge in [0, 0.05) is 16.7 Å². The quantitative estimate of drug-likeness (QED) is 0.129. The maximum Gasteiger partial charge on any atom is 0.164 e. The molecule has 0 N–H and O–H groups in total. The van der Waals surface area contributed by atoms with E-state index in [1.807, 2.05) is 36.4 Å². The van der Waals surface area contributed by atoms with Gasteiger partial charge in [-0.05, 0) is 71.8 Å². The molecule has 0 aliphatic rings. The standard InChI is InChI=1S/C51H33N3/c1-3-11-34(12-4-1)35-21-27-41(28-22-35)50-52-49(40-14-5-2-6-15-40)53-51(54-50)42-29-23-37(24-30-42)36-19-25-39(26-20-36)48-45-18-10-8-16-43(45)33-47-44-17-9-7-13-38(44)31-32-46(47)48/h1-33H. The summed E-state index contributed by atoms with van der Waals surface area (Å²) in [7, 11) is 0. The number of nitrogens with zero attached hydrogens (tertiary/aromatic N) is 3. The first-order chi connectivity index (χ1) is 26.7. The lowest BCUT2D eigenvalue weighted by molar-refractivity contribution is 1.07. The second-order valence-electron chi connectivity index (χ2n) is 13.6. The average Bonchev–Trinajstić information content (AvgIpc) is 3.26. The Morgan fingerprint density at radius 3 is 1.17 bits per heavy atom. The van der Waals surface area contributed by atoms with Crippen molar-refractivity contribution < 1.29 is 0 Å². The fourth-order valence-electron chi connectivity index (χ4n) is 7.57. The number of rotatable bonds is 6. The molecule has 0 spiro atoms. The van der Waals surface area contributed by atoms with Crippen molar-refractivity contribution in [3.63, 3.8) is 0 Å². The lowest BCUT2D eigenvalue weighted by atomic mass is 9.89. The van der Waals surface area contributed by atoms with Crippen LogP contribution in [0.5, 0.6) is 0 Å². The molecule has 0 bridgehead atoms. The zero-order valence-corrected chi connectivity index (χ0v) is 29.4. The molecule has 0 amide bonds. The predicted octanol–water partition coefficient (Wildman–Crippen LogP) is 13.3. The molecule has 10 aromatic rings. The van der Waals surface area contributed by atoms with Gasteiger partial charge in [-0.2, -0.15) is 0 Å². The highest BCUT2D eigenvalue weighted by atomic mass is 15.0. The molecule has 10 rings (SSSR count). The van der Waals surface area contributed by atoms with Gasteiger partial charge in [0.25, 0.3) is 0 Å². The lowest BCUT2D eigenvalue weighted by Gasteiger charge is -2.14. The Kier molecular flexibility index (Phi) is 7.81. The molecule has 1 heterocycles. The van der Waals surface area contributed by atoms with E-state index >= 15 is 0 Å². The topological polar surface area (TPSA) is 38.7 Å². The third kappa shape index (κ3) is 5.78. The summed E-state index contributed by atoms with van der Waals surface area (Å²) in [5.41, 5.74) is 9.92. The summed E-state index contributed by atoms with van der Waals surface area (Å²) in [6.45, 7) is 0. The smallest absolute Gasteiger partial charge is 0.164 e. The Hall–Kier alpha value is -7.23. The van der Waals surface area contributed by atoms with Gasteiger partial charge >= 0.3 is 0 Å². The van der Waals surface area contributed by atoms with Crippen molar-refractivity contribution in [2.75, 3.05) is 0 Å². The van der Waals surface area contributed by atoms with Crippen molar-refractivity contribution in [2.24, 2.45) is 0 Å². The molecule has 0 unspecified atom stereocenters. The van der Waals surface area contributed by atoms with Crippen molar-refractivity contribution in [1.29, 1.82) is 0 Å². The van der Waals surface area contributed by atoms with Crippen LogP contribution in [0.4, 0.5) is 0 Å². The zero-order chi connectivity index (χ0) is 35.8. The second-order valence-corrected chi connectivity index (χ2v) is 13.6. The van der Waals surface area contributed by atoms with Gasteiger partial charge in [0.2, 0.25) is 0 Å². The Labute approximate surface area is 313 Å². The third-order valence-electron chi connectivity index (χ3n) is 10.3. The predicted molar refractivity (Wildman–Crippen MR) is 225 cm³/mol. The maximum absolute atomic E-state index is 5.00. The largest absolute Gasteiger partial charge is 0.208 e. The van der Waals surface area contributed by atoms with E-state index in [-0.39, 0.29) is 0 Å². The molecule has 0 fully saturated rings. The summed E-state index contributed by atoms with van der Waals surface area (Å²) in [6, 6.07) is 70.7. The number of fused-ring (bicyclic) bond motifs is 4. The van der Waals surface area contributed by atoms with Crippen LogP contribution in [-0.2, 0) is 0 Å². The van der Waals surface area contributed by atoms with Gasteiger partial charge in [-0.15, -0.1) is 0 Å². The van der Waals surface area contributed by atoms with Gasteiger partial charge in [-0.1, -0.05) is 194 Å². The molecule has 54 heavy (non-hydrogen) atoms. The third-order valence-corrected chi connectivity index (χ3v) is 10.3. The highest BCUT2D eigenvalue weighted by molar-refractivity contribution is 6.20. The Morgan fingerprint density at radius 1 is 0.222 bits per heavy atom. The number of benzene rings is 9. The number of hydrogen-bond donors (Lipinski definition) is 0. The van der Waals surface area contributed by atoms with Crippen LogP contribution in [0.2, 0.25) is 0 Å². The van der Waals surface area contributed by atoms with Gasteiger partial charge in [0.15, 0.2) is 17.5 Å². The van der Waals surface area contributed by atoms with Crippen LogP contribution in [0.1, 0.15) is 0 Å². The van der Waals surface area contributed by atoms with Crippen LogP contribution in [0.15, 0.2) is 200 Å². The van der Waals surface area contributed by atoms with E-state index in [4.69, 9.17) is 15.0 Å². The molecule has 0 radical (unpaired) electrons. The molecule has 0 aliphatic heterocycles. The molecule has 3 nitrogen and oxygen atoms in total. The summed E-state index contributed by atoms with van der Waals surface area (Å²) in [6.07, 6.45) is 0. The van der Waals surface area contributed by atoms with Gasteiger partial charge in [0.05, 0.1) is 0 Å². The molecule has 3 heteroatoms. The molecule has 252 valence electrons. The Balaban J connectivity index is 1.000. The number of aromatic nitrogens is 3. The molecule has 0 saturated carbocycles. The molecular weight excluding hydrogens is 655 g/mol. The van der Waals surface area contributed by atoms with Crippen LogP contribution in [-0.4, -0.2) is 15.0 Å². The van der Waals surface area contributed by atoms with Crippen molar-refractivity contribution in [2.45, 2.75) is 0 Å². The summed E-state index contributed by atoms with van der Waals surface area (Å²) in [4.78, 5) is 14.9. The summed E-state index contributed by atoms with van der Waals surface area (Å²) in [5.74, 6) is 1.94. The van der Waals surface area contributed by atoms with Crippen LogP contribution in [0, 0.1) is 0 Å². The average molecular weight is 688 g/mol. The van der Waals surface area contributed by atoms with Crippen molar-refractivity contribution >= 4 is 32.3 Å². The van der Waals surface area contributed by atoms with Crippen molar-refractivity contribution in [3.8, 4) is 67.5 Å². The SMILES string of the molecule is c1ccc(-c2ccc(-c3nc(-c4ccccc4)nc(-c4ccc(-c5ccc(-c6c7ccccc7cc7c6ccc6ccccc67)cc5)cc4)n3)cc2)cc1. The van der Waals surface area contributed by atoms with Crippen LogP contribution < -0.4 is 0 Å². The van der Waals surface area contributed by atoms with E-state index in [1.54, 1.807) is 0 Å². The fraction of sp³-hybridized carbons (Fsp3) is 0. The van der Waals surface area contributed by atoms with E-state index in [1.165, 1.54) is 49.0 Å². The van der Waals surface area contributed by atoms with Crippen LogP contribution in [0.25, 0.3) is 99.9 Å². The fourth-order valence-corrected chi connectivity index (χ4v) is 7.57. The first-order valence-electron chi connectivity index (χ1n) is 18.3. The van der Waals surface area contributed by atoms with Crippen LogP contribution in [0.3, 0.4) is 0 Å². The monoisotopic (exact) mass is 687 g/mol. The molecule has 0 atom stereocenters. The highest BCUT2D eigenvalue weighted by Crippen LogP contribution is 2.40. The maximum atomic E-state index is 5.00. The van der Waals surface area contributed by atoms with E-state index in [0.29, 0.717) is 17.5 Å². The van der Waals surface area contributed by atoms with E-state index < -0.39 is 0 Å². The zero-order valence-electron chi connectivity index (χ0n) is 29.4. The van der Waals surface area contributed by atoms with Gasteiger partial charge in [-0.25, -0.2) is 15.0 Å². The van der Waals surface area contributed by atoms with Crippen molar-refractivity contribution in [1.82, 2.24) is 15.0 Å². The minimum Gasteiger partial charge on any atom is -0.208 e. The molecular formula is C51H33N3. The minimum atomic E-state index is 0.642. The van der Waals surface area contributed by atoms with Crippen molar-refractivity contribution in [3.05, 3.63) is 200 Å². The highest BCUT2D eigenvalue weighted by Gasteiger charge is 2.15. The molecule has 0 aliphatic carbocycles. The summed E-state index contributed by atoms with van der Waals surface area (Å²) >= 11 is 0. The first-order valence-corrected chi connectivity index (χ1v) is 18.3. The van der Waals surface area contributed by atoms with Gasteiger partial charge in [-0.3, -0.25) is 0 Å². The van der Waals surface area contributed by atoms with Gasteiger partial charge < -0.3 is 0 Å². The van der Waals surface area contributed by atoms with Gasteiger partial charge in [0.1, 0.15) is 0 Å². The number of hydrogen-bond acceptors (Lipinski definition) is 3. The Bertz CT molecular complexity index is 2940. The summed E-state index contributed by atoms with van der Waals surface area (Å²) in [5, 5.41) is 7.59. The first kappa shape index (κ1) is 31.5. The van der Waals surface area contributed by atoms with E-state index in [9.17, 15) is 0 Å². The van der Waals surface area contributed by atoms with Crippen LogP contribution >= 0.6 is 0 Å². The normalized spacial score (nSPS) is 11.3. The molecule has 9 aromatic carbocycles. The van der Waals surface area contributed by atoms with E-state index in [0.717, 1.165) is 33.4 Å². The second kappa shape index (κ2) is 13.4. The molecule has 1 aromatic heterocycles.